The Morgan fingerprint density at radius 1 is 1.41 bits per heavy atom. The Balaban J connectivity index is 2.03. The molecular formula is C12H12BrN3O. The normalized spacial score (nSPS) is 10.2. The van der Waals surface area contributed by atoms with Crippen molar-refractivity contribution in [2.75, 3.05) is 5.32 Å². The highest BCUT2D eigenvalue weighted by Crippen LogP contribution is 2.16. The van der Waals surface area contributed by atoms with E-state index >= 15 is 0 Å². The van der Waals surface area contributed by atoms with Crippen LogP contribution in [0.3, 0.4) is 0 Å². The van der Waals surface area contributed by atoms with Gasteiger partial charge in [-0.3, -0.25) is 9.48 Å². The molecule has 0 fully saturated rings. The molecule has 1 N–H and O–H groups in total. The van der Waals surface area contributed by atoms with Gasteiger partial charge in [0.25, 0.3) is 0 Å². The van der Waals surface area contributed by atoms with Gasteiger partial charge in [-0.1, -0.05) is 34.1 Å². The van der Waals surface area contributed by atoms with Crippen molar-refractivity contribution in [2.45, 2.75) is 6.42 Å². The van der Waals surface area contributed by atoms with Gasteiger partial charge in [0.1, 0.15) is 5.82 Å². The molecule has 0 aliphatic heterocycles. The average Bonchev–Trinajstić information content (AvgIpc) is 2.68. The highest BCUT2D eigenvalue weighted by atomic mass is 79.9. The molecule has 2 aromatic rings. The quantitative estimate of drug-likeness (QED) is 0.944. The Bertz CT molecular complexity index is 536. The molecule has 4 nitrogen and oxygen atoms in total. The van der Waals surface area contributed by atoms with Crippen molar-refractivity contribution in [1.82, 2.24) is 9.78 Å². The van der Waals surface area contributed by atoms with E-state index in [1.807, 2.05) is 24.3 Å². The fraction of sp³-hybridized carbons (Fsp3) is 0.167. The second-order valence-corrected chi connectivity index (χ2v) is 4.51. The second kappa shape index (κ2) is 5.14. The van der Waals surface area contributed by atoms with Crippen LogP contribution in [-0.4, -0.2) is 15.7 Å². The zero-order chi connectivity index (χ0) is 12.3. The molecule has 0 saturated heterocycles. The molecule has 1 aromatic heterocycles. The van der Waals surface area contributed by atoms with Crippen molar-refractivity contribution in [3.8, 4) is 0 Å². The Morgan fingerprint density at radius 2 is 2.18 bits per heavy atom. The molecular weight excluding hydrogens is 282 g/mol. The number of rotatable bonds is 3. The van der Waals surface area contributed by atoms with Crippen LogP contribution in [0.1, 0.15) is 5.56 Å². The van der Waals surface area contributed by atoms with E-state index in [1.54, 1.807) is 24.0 Å². The summed E-state index contributed by atoms with van der Waals surface area (Å²) in [6.07, 6.45) is 1.99. The third-order valence-electron chi connectivity index (χ3n) is 2.40. The average molecular weight is 294 g/mol. The minimum absolute atomic E-state index is 0.0551. The van der Waals surface area contributed by atoms with E-state index in [-0.39, 0.29) is 5.91 Å². The summed E-state index contributed by atoms with van der Waals surface area (Å²) in [6, 6.07) is 9.45. The number of nitrogens with zero attached hydrogens (tertiary/aromatic N) is 2. The highest BCUT2D eigenvalue weighted by molar-refractivity contribution is 9.10. The summed E-state index contributed by atoms with van der Waals surface area (Å²) in [6.45, 7) is 0. The van der Waals surface area contributed by atoms with Crippen molar-refractivity contribution in [2.24, 2.45) is 7.05 Å². The van der Waals surface area contributed by atoms with Crippen molar-refractivity contribution < 1.29 is 4.79 Å². The standard InChI is InChI=1S/C12H12BrN3O/c1-16-11(6-7-14-16)15-12(17)8-9-4-2-3-5-10(9)13/h2-7H,8H2,1H3,(H,15,17). The van der Waals surface area contributed by atoms with Crippen LogP contribution < -0.4 is 5.32 Å². The first-order chi connectivity index (χ1) is 8.16. The molecule has 1 heterocycles. The lowest BCUT2D eigenvalue weighted by molar-refractivity contribution is -0.115. The smallest absolute Gasteiger partial charge is 0.229 e. The molecule has 1 amide bonds. The first-order valence-corrected chi connectivity index (χ1v) is 5.97. The van der Waals surface area contributed by atoms with E-state index in [1.165, 1.54) is 0 Å². The molecule has 0 saturated carbocycles. The molecule has 0 unspecified atom stereocenters. The van der Waals surface area contributed by atoms with Gasteiger partial charge in [0.2, 0.25) is 5.91 Å². The summed E-state index contributed by atoms with van der Waals surface area (Å²) in [5, 5.41) is 6.79. The van der Waals surface area contributed by atoms with Crippen LogP contribution in [0.5, 0.6) is 0 Å². The minimum Gasteiger partial charge on any atom is -0.311 e. The van der Waals surface area contributed by atoms with Gasteiger partial charge in [-0.15, -0.1) is 0 Å². The van der Waals surface area contributed by atoms with Crippen molar-refractivity contribution in [1.29, 1.82) is 0 Å². The molecule has 0 spiro atoms. The van der Waals surface area contributed by atoms with E-state index in [4.69, 9.17) is 0 Å². The Morgan fingerprint density at radius 3 is 2.82 bits per heavy atom. The number of nitrogens with one attached hydrogen (secondary N) is 1. The van der Waals surface area contributed by atoms with Gasteiger partial charge in [-0.05, 0) is 11.6 Å². The fourth-order valence-electron chi connectivity index (χ4n) is 1.50. The molecule has 0 radical (unpaired) electrons. The molecule has 2 rings (SSSR count). The maximum Gasteiger partial charge on any atom is 0.229 e. The van der Waals surface area contributed by atoms with Gasteiger partial charge in [-0.2, -0.15) is 5.10 Å². The summed E-state index contributed by atoms with van der Waals surface area (Å²) in [7, 11) is 1.79. The zero-order valence-electron chi connectivity index (χ0n) is 9.35. The van der Waals surface area contributed by atoms with E-state index in [0.717, 1.165) is 10.0 Å². The molecule has 17 heavy (non-hydrogen) atoms. The van der Waals surface area contributed by atoms with Gasteiger partial charge in [0.15, 0.2) is 0 Å². The predicted molar refractivity (Wildman–Crippen MR) is 69.7 cm³/mol. The molecule has 0 atom stereocenters. The van der Waals surface area contributed by atoms with Gasteiger partial charge < -0.3 is 5.32 Å². The van der Waals surface area contributed by atoms with Crippen LogP contribution in [0.25, 0.3) is 0 Å². The third kappa shape index (κ3) is 2.94. The zero-order valence-corrected chi connectivity index (χ0v) is 10.9. The number of carbonyl (C=O) groups is 1. The largest absolute Gasteiger partial charge is 0.311 e. The van der Waals surface area contributed by atoms with Crippen molar-refractivity contribution in [3.05, 3.63) is 46.6 Å². The van der Waals surface area contributed by atoms with Crippen LogP contribution in [0.2, 0.25) is 0 Å². The Hall–Kier alpha value is -1.62. The molecule has 88 valence electrons. The lowest BCUT2D eigenvalue weighted by atomic mass is 10.1. The van der Waals surface area contributed by atoms with E-state index in [2.05, 4.69) is 26.3 Å². The van der Waals surface area contributed by atoms with Gasteiger partial charge >= 0.3 is 0 Å². The topological polar surface area (TPSA) is 46.9 Å². The number of hydrogen-bond donors (Lipinski definition) is 1. The summed E-state index contributed by atoms with van der Waals surface area (Å²) < 4.78 is 2.57. The molecule has 0 bridgehead atoms. The summed E-state index contributed by atoms with van der Waals surface area (Å²) in [5.74, 6) is 0.641. The number of anilines is 1. The lowest BCUT2D eigenvalue weighted by Gasteiger charge is -2.06. The molecule has 5 heteroatoms. The second-order valence-electron chi connectivity index (χ2n) is 3.66. The van der Waals surface area contributed by atoms with Crippen molar-refractivity contribution in [3.63, 3.8) is 0 Å². The monoisotopic (exact) mass is 293 g/mol. The molecule has 0 aliphatic rings. The highest BCUT2D eigenvalue weighted by Gasteiger charge is 2.08. The van der Waals surface area contributed by atoms with Gasteiger partial charge in [0, 0.05) is 17.6 Å². The van der Waals surface area contributed by atoms with E-state index in [0.29, 0.717) is 12.2 Å². The maximum atomic E-state index is 11.8. The first-order valence-electron chi connectivity index (χ1n) is 5.18. The summed E-state index contributed by atoms with van der Waals surface area (Å²) in [4.78, 5) is 11.8. The molecule has 0 aliphatic carbocycles. The number of benzene rings is 1. The number of aryl methyl sites for hydroxylation is 1. The van der Waals surface area contributed by atoms with Crippen LogP contribution in [0.15, 0.2) is 41.0 Å². The van der Waals surface area contributed by atoms with Gasteiger partial charge in [0.05, 0.1) is 12.6 Å². The SMILES string of the molecule is Cn1nccc1NC(=O)Cc1ccccc1Br. The Kier molecular flexibility index (Phi) is 3.58. The van der Waals surface area contributed by atoms with Crippen LogP contribution in [-0.2, 0) is 18.3 Å². The number of carbonyl (C=O) groups excluding carboxylic acids is 1. The van der Waals surface area contributed by atoms with Gasteiger partial charge in [-0.25, -0.2) is 0 Å². The van der Waals surface area contributed by atoms with Crippen LogP contribution in [0, 0.1) is 0 Å². The first kappa shape index (κ1) is 11.9. The maximum absolute atomic E-state index is 11.8. The Labute approximate surface area is 108 Å². The lowest BCUT2D eigenvalue weighted by Crippen LogP contribution is -2.16. The van der Waals surface area contributed by atoms with E-state index < -0.39 is 0 Å². The number of aromatic nitrogens is 2. The number of halogens is 1. The predicted octanol–water partition coefficient (Wildman–Crippen LogP) is 2.36. The van der Waals surface area contributed by atoms with Crippen molar-refractivity contribution >= 4 is 27.7 Å². The molecule has 1 aromatic carbocycles. The summed E-state index contributed by atoms with van der Waals surface area (Å²) >= 11 is 3.42. The third-order valence-corrected chi connectivity index (χ3v) is 3.17. The number of amides is 1. The fourth-order valence-corrected chi connectivity index (χ4v) is 1.92. The minimum atomic E-state index is -0.0551. The van der Waals surface area contributed by atoms with E-state index in [9.17, 15) is 4.79 Å². The van der Waals surface area contributed by atoms with Crippen LogP contribution >= 0.6 is 15.9 Å². The summed E-state index contributed by atoms with van der Waals surface area (Å²) in [5.41, 5.74) is 0.965. The van der Waals surface area contributed by atoms with Crippen LogP contribution in [0.4, 0.5) is 5.82 Å². The number of hydrogen-bond acceptors (Lipinski definition) is 2.